The highest BCUT2D eigenvalue weighted by Gasteiger charge is 2.27. The van der Waals surface area contributed by atoms with Crippen molar-refractivity contribution in [1.82, 2.24) is 0 Å². The van der Waals surface area contributed by atoms with Crippen LogP contribution in [0.1, 0.15) is 39.5 Å². The van der Waals surface area contributed by atoms with Crippen molar-refractivity contribution >= 4 is 19.2 Å². The first-order valence-corrected chi connectivity index (χ1v) is 8.46. The van der Waals surface area contributed by atoms with E-state index in [0.29, 0.717) is 13.2 Å². The minimum Gasteiger partial charge on any atom is -0.391 e. The van der Waals surface area contributed by atoms with Crippen molar-refractivity contribution in [1.29, 1.82) is 0 Å². The number of hydrogen-bond donors (Lipinski definition) is 1. The molecule has 0 heterocycles. The molecule has 104 valence electrons. The highest BCUT2D eigenvalue weighted by molar-refractivity contribution is 7.53. The van der Waals surface area contributed by atoms with E-state index in [9.17, 15) is 9.67 Å². The van der Waals surface area contributed by atoms with Crippen LogP contribution >= 0.6 is 19.2 Å². The fourth-order valence-corrected chi connectivity index (χ4v) is 3.15. The molecule has 0 fully saturated rings. The molecule has 0 rings (SSSR count). The number of aliphatic hydroxyl groups excluding tert-OH is 1. The van der Waals surface area contributed by atoms with Crippen molar-refractivity contribution in [3.8, 4) is 0 Å². The van der Waals surface area contributed by atoms with Gasteiger partial charge in [-0.3, -0.25) is 4.57 Å². The van der Waals surface area contributed by atoms with Gasteiger partial charge in [0.05, 0.1) is 25.5 Å². The number of unbranched alkanes of at least 4 members (excludes halogenated alkanes) is 2. The average molecular weight is 287 g/mol. The minimum absolute atomic E-state index is 0.0239. The van der Waals surface area contributed by atoms with Crippen molar-refractivity contribution in [3.05, 3.63) is 0 Å². The first kappa shape index (κ1) is 17.4. The first-order valence-electron chi connectivity index (χ1n) is 6.20. The Labute approximate surface area is 109 Å². The molecular weight excluding hydrogens is 263 g/mol. The van der Waals surface area contributed by atoms with Crippen LogP contribution in [-0.2, 0) is 13.6 Å². The highest BCUT2D eigenvalue weighted by atomic mass is 35.5. The molecule has 0 aliphatic rings. The minimum atomic E-state index is -3.19. The summed E-state index contributed by atoms with van der Waals surface area (Å²) in [6.07, 6.45) is 2.73. The fraction of sp³-hybridized carbons (Fsp3) is 1.00. The standard InChI is InChI=1S/C11H24ClO4P/c1-3-5-7-15-17(14,10-11(13)9-12)16-8-6-4-2/h11,13H,3-10H2,1-2H3/t11-/m0/s1. The summed E-state index contributed by atoms with van der Waals surface area (Å²) < 4.78 is 22.9. The lowest BCUT2D eigenvalue weighted by molar-refractivity contribution is 0.172. The Balaban J connectivity index is 4.19. The Bertz CT molecular complexity index is 212. The van der Waals surface area contributed by atoms with E-state index in [1.807, 2.05) is 13.8 Å². The summed E-state index contributed by atoms with van der Waals surface area (Å²) in [6, 6.07) is 0. The van der Waals surface area contributed by atoms with Crippen LogP contribution in [0.25, 0.3) is 0 Å². The lowest BCUT2D eigenvalue weighted by Gasteiger charge is -2.20. The molecule has 0 aromatic rings. The Morgan fingerprint density at radius 2 is 1.65 bits per heavy atom. The highest BCUT2D eigenvalue weighted by Crippen LogP contribution is 2.49. The third kappa shape index (κ3) is 9.04. The van der Waals surface area contributed by atoms with E-state index in [1.165, 1.54) is 0 Å². The summed E-state index contributed by atoms with van der Waals surface area (Å²) in [6.45, 7) is 4.85. The number of alkyl halides is 1. The van der Waals surface area contributed by atoms with E-state index in [0.717, 1.165) is 25.7 Å². The fourth-order valence-electron chi connectivity index (χ4n) is 1.15. The largest absolute Gasteiger partial charge is 0.391 e. The molecule has 4 nitrogen and oxygen atoms in total. The maximum Gasteiger partial charge on any atom is 0.333 e. The van der Waals surface area contributed by atoms with Gasteiger partial charge in [-0.15, -0.1) is 11.6 Å². The third-order valence-corrected chi connectivity index (χ3v) is 4.56. The number of halogens is 1. The molecule has 0 aliphatic heterocycles. The first-order chi connectivity index (χ1) is 8.08. The molecule has 0 saturated carbocycles. The van der Waals surface area contributed by atoms with Crippen LogP contribution in [0, 0.1) is 0 Å². The van der Waals surface area contributed by atoms with Gasteiger partial charge < -0.3 is 14.2 Å². The zero-order valence-corrected chi connectivity index (χ0v) is 12.4. The zero-order valence-electron chi connectivity index (χ0n) is 10.7. The molecule has 0 aromatic carbocycles. The maximum absolute atomic E-state index is 12.3. The lowest BCUT2D eigenvalue weighted by Crippen LogP contribution is -2.17. The second kappa shape index (κ2) is 10.3. The quantitative estimate of drug-likeness (QED) is 0.359. The van der Waals surface area contributed by atoms with E-state index < -0.39 is 13.7 Å². The molecule has 0 aliphatic carbocycles. The SMILES string of the molecule is CCCCOP(=O)(C[C@@H](O)CCl)OCCCC. The zero-order chi connectivity index (χ0) is 13.1. The van der Waals surface area contributed by atoms with Crippen LogP contribution in [0.2, 0.25) is 0 Å². The summed E-state index contributed by atoms with van der Waals surface area (Å²) in [5, 5.41) is 9.44. The molecule has 0 unspecified atom stereocenters. The van der Waals surface area contributed by atoms with E-state index in [-0.39, 0.29) is 12.0 Å². The molecule has 0 aromatic heterocycles. The molecule has 1 N–H and O–H groups in total. The van der Waals surface area contributed by atoms with Gasteiger partial charge in [0, 0.05) is 5.88 Å². The summed E-state index contributed by atoms with van der Waals surface area (Å²) in [5.74, 6) is 0.0399. The van der Waals surface area contributed by atoms with Gasteiger partial charge in [0.15, 0.2) is 0 Å². The van der Waals surface area contributed by atoms with Crippen LogP contribution in [0.4, 0.5) is 0 Å². The van der Waals surface area contributed by atoms with Crippen LogP contribution in [0.5, 0.6) is 0 Å². The van der Waals surface area contributed by atoms with E-state index >= 15 is 0 Å². The number of hydrogen-bond acceptors (Lipinski definition) is 4. The van der Waals surface area contributed by atoms with E-state index in [2.05, 4.69) is 0 Å². The Hall–Kier alpha value is 0.400. The van der Waals surface area contributed by atoms with Gasteiger partial charge in [0.2, 0.25) is 0 Å². The molecular formula is C11H24ClO4P. The molecule has 0 bridgehead atoms. The smallest absolute Gasteiger partial charge is 0.333 e. The van der Waals surface area contributed by atoms with Crippen molar-refractivity contribution in [2.75, 3.05) is 25.3 Å². The van der Waals surface area contributed by atoms with Gasteiger partial charge in [-0.2, -0.15) is 0 Å². The van der Waals surface area contributed by atoms with Gasteiger partial charge >= 0.3 is 7.60 Å². The number of rotatable bonds is 11. The van der Waals surface area contributed by atoms with Gasteiger partial charge in [-0.05, 0) is 12.8 Å². The Kier molecular flexibility index (Phi) is 10.6. The van der Waals surface area contributed by atoms with Gasteiger partial charge in [-0.25, -0.2) is 0 Å². The Morgan fingerprint density at radius 3 is 2.00 bits per heavy atom. The van der Waals surface area contributed by atoms with Crippen LogP contribution < -0.4 is 0 Å². The third-order valence-electron chi connectivity index (χ3n) is 2.18. The second-order valence-corrected chi connectivity index (χ2v) is 6.39. The summed E-state index contributed by atoms with van der Waals surface area (Å²) in [5.41, 5.74) is 0. The van der Waals surface area contributed by atoms with Crippen LogP contribution in [0.15, 0.2) is 0 Å². The van der Waals surface area contributed by atoms with E-state index in [1.54, 1.807) is 0 Å². The van der Waals surface area contributed by atoms with Crippen molar-refractivity contribution in [2.24, 2.45) is 0 Å². The van der Waals surface area contributed by atoms with E-state index in [4.69, 9.17) is 20.6 Å². The molecule has 17 heavy (non-hydrogen) atoms. The summed E-state index contributed by atoms with van der Waals surface area (Å²) >= 11 is 5.50. The predicted octanol–water partition coefficient (Wildman–Crippen LogP) is 3.41. The molecule has 0 saturated heterocycles. The van der Waals surface area contributed by atoms with Crippen molar-refractivity contribution in [2.45, 2.75) is 45.6 Å². The number of aliphatic hydroxyl groups is 1. The Morgan fingerprint density at radius 1 is 1.18 bits per heavy atom. The average Bonchev–Trinajstić information content (AvgIpc) is 2.29. The van der Waals surface area contributed by atoms with Gasteiger partial charge in [-0.1, -0.05) is 26.7 Å². The maximum atomic E-state index is 12.3. The van der Waals surface area contributed by atoms with Gasteiger partial charge in [0.1, 0.15) is 0 Å². The molecule has 6 heteroatoms. The van der Waals surface area contributed by atoms with Crippen molar-refractivity contribution < 1.29 is 18.7 Å². The van der Waals surface area contributed by atoms with Gasteiger partial charge in [0.25, 0.3) is 0 Å². The molecule has 0 spiro atoms. The molecule has 1 atom stereocenters. The van der Waals surface area contributed by atoms with Crippen molar-refractivity contribution in [3.63, 3.8) is 0 Å². The monoisotopic (exact) mass is 286 g/mol. The summed E-state index contributed by atoms with van der Waals surface area (Å²) in [7, 11) is -3.19. The summed E-state index contributed by atoms with van der Waals surface area (Å²) in [4.78, 5) is 0. The van der Waals surface area contributed by atoms with Crippen LogP contribution in [-0.4, -0.2) is 36.5 Å². The van der Waals surface area contributed by atoms with Crippen LogP contribution in [0.3, 0.4) is 0 Å². The molecule has 0 amide bonds. The lowest BCUT2D eigenvalue weighted by atomic mass is 10.4. The normalized spacial score (nSPS) is 13.9. The second-order valence-electron chi connectivity index (χ2n) is 3.98. The predicted molar refractivity (Wildman–Crippen MR) is 70.9 cm³/mol. The molecule has 0 radical (unpaired) electrons. The topological polar surface area (TPSA) is 55.8 Å².